The van der Waals surface area contributed by atoms with Gasteiger partial charge >= 0.3 is 5.97 Å². The molecule has 1 rings (SSSR count). The fourth-order valence-corrected chi connectivity index (χ4v) is 1.51. The zero-order chi connectivity index (χ0) is 9.14. The van der Waals surface area contributed by atoms with Gasteiger partial charge in [-0.1, -0.05) is 0 Å². The highest BCUT2D eigenvalue weighted by Gasteiger charge is 2.40. The fraction of sp³-hybridized carbons (Fsp3) is 0.875. The van der Waals surface area contributed by atoms with Gasteiger partial charge in [-0.2, -0.15) is 0 Å². The van der Waals surface area contributed by atoms with Gasteiger partial charge in [-0.25, -0.2) is 0 Å². The minimum absolute atomic E-state index is 0.286. The molecule has 1 unspecified atom stereocenters. The summed E-state index contributed by atoms with van der Waals surface area (Å²) in [4.78, 5) is 11.1. The largest absolute Gasteiger partial charge is 0.466 e. The van der Waals surface area contributed by atoms with Gasteiger partial charge in [-0.15, -0.1) is 0 Å². The minimum atomic E-state index is -0.737. The van der Waals surface area contributed by atoms with Crippen LogP contribution < -0.4 is 0 Å². The number of aliphatic hydroxyl groups excluding tert-OH is 2. The molecule has 4 heteroatoms. The van der Waals surface area contributed by atoms with Crippen LogP contribution in [0.2, 0.25) is 0 Å². The van der Waals surface area contributed by atoms with E-state index in [0.29, 0.717) is 12.8 Å². The van der Waals surface area contributed by atoms with Crippen LogP contribution in [-0.2, 0) is 9.53 Å². The van der Waals surface area contributed by atoms with Crippen molar-refractivity contribution in [1.29, 1.82) is 0 Å². The van der Waals surface area contributed by atoms with E-state index >= 15 is 0 Å². The Morgan fingerprint density at radius 2 is 1.92 bits per heavy atom. The molecule has 12 heavy (non-hydrogen) atoms. The van der Waals surface area contributed by atoms with E-state index in [9.17, 15) is 15.0 Å². The second-order valence-electron chi connectivity index (χ2n) is 2.99. The first-order valence-electron chi connectivity index (χ1n) is 4.19. The highest BCUT2D eigenvalue weighted by molar-refractivity contribution is 5.74. The molecule has 2 N–H and O–H groups in total. The lowest BCUT2D eigenvalue weighted by Crippen LogP contribution is -2.32. The number of rotatable bonds is 2. The summed E-state index contributed by atoms with van der Waals surface area (Å²) in [6, 6.07) is 0. The Hall–Kier alpha value is -0.610. The highest BCUT2D eigenvalue weighted by atomic mass is 16.5. The maximum atomic E-state index is 11.1. The summed E-state index contributed by atoms with van der Waals surface area (Å²) in [5.41, 5.74) is 0. The predicted octanol–water partition coefficient (Wildman–Crippen LogP) is -0.319. The summed E-state index contributed by atoms with van der Waals surface area (Å²) < 4.78 is 4.71. The summed E-state index contributed by atoms with van der Waals surface area (Å²) in [7, 11) is 0. The van der Waals surface area contributed by atoms with Crippen molar-refractivity contribution in [2.24, 2.45) is 5.92 Å². The van der Waals surface area contributed by atoms with Crippen molar-refractivity contribution in [3.05, 3.63) is 0 Å². The maximum absolute atomic E-state index is 11.1. The number of aliphatic hydroxyl groups is 2. The van der Waals surface area contributed by atoms with Crippen molar-refractivity contribution in [3.63, 3.8) is 0 Å². The number of carbonyl (C=O) groups excluding carboxylic acids is 1. The molecule has 4 nitrogen and oxygen atoms in total. The molecule has 1 saturated carbocycles. The number of esters is 1. The van der Waals surface area contributed by atoms with Crippen molar-refractivity contribution in [2.45, 2.75) is 32.0 Å². The normalized spacial score (nSPS) is 35.1. The molecule has 0 heterocycles. The summed E-state index contributed by atoms with van der Waals surface area (Å²) in [6.45, 7) is 1.99. The van der Waals surface area contributed by atoms with E-state index < -0.39 is 24.1 Å². The Labute approximate surface area is 71.2 Å². The number of carbonyl (C=O) groups is 1. The number of hydrogen-bond acceptors (Lipinski definition) is 4. The van der Waals surface area contributed by atoms with Crippen LogP contribution in [0.15, 0.2) is 0 Å². The van der Waals surface area contributed by atoms with Gasteiger partial charge in [-0.05, 0) is 19.8 Å². The molecule has 0 aromatic rings. The summed E-state index contributed by atoms with van der Waals surface area (Å²) in [6.07, 6.45) is -0.520. The Kier molecular flexibility index (Phi) is 3.05. The molecule has 1 fully saturated rings. The van der Waals surface area contributed by atoms with Crippen LogP contribution in [0.25, 0.3) is 0 Å². The standard InChI is InChI=1S/C8H14O4/c1-2-12-8(11)7-5(9)3-4-6(7)10/h5-7,9-10H,2-4H2,1H3/t5-,6+,7?. The molecule has 0 amide bonds. The first kappa shape index (κ1) is 9.48. The third-order valence-electron chi connectivity index (χ3n) is 2.15. The van der Waals surface area contributed by atoms with E-state index in [1.807, 2.05) is 0 Å². The zero-order valence-electron chi connectivity index (χ0n) is 7.06. The van der Waals surface area contributed by atoms with Crippen LogP contribution in [0.4, 0.5) is 0 Å². The molecule has 0 radical (unpaired) electrons. The average molecular weight is 174 g/mol. The molecule has 1 aliphatic carbocycles. The molecule has 70 valence electrons. The van der Waals surface area contributed by atoms with Crippen molar-refractivity contribution in [3.8, 4) is 0 Å². The minimum Gasteiger partial charge on any atom is -0.466 e. The van der Waals surface area contributed by atoms with Crippen LogP contribution in [0, 0.1) is 5.92 Å². The van der Waals surface area contributed by atoms with Gasteiger partial charge in [0.05, 0.1) is 18.8 Å². The Bertz CT molecular complexity index is 158. The molecule has 3 atom stereocenters. The molecule has 0 saturated heterocycles. The van der Waals surface area contributed by atoms with Crippen molar-refractivity contribution in [2.75, 3.05) is 6.61 Å². The van der Waals surface area contributed by atoms with Crippen molar-refractivity contribution < 1.29 is 19.7 Å². The van der Waals surface area contributed by atoms with Gasteiger partial charge in [0.1, 0.15) is 5.92 Å². The van der Waals surface area contributed by atoms with Crippen LogP contribution in [-0.4, -0.2) is 35.0 Å². The summed E-state index contributed by atoms with van der Waals surface area (Å²) in [5, 5.41) is 18.6. The first-order chi connectivity index (χ1) is 5.66. The van der Waals surface area contributed by atoms with Crippen LogP contribution in [0.3, 0.4) is 0 Å². The molecule has 0 aliphatic heterocycles. The van der Waals surface area contributed by atoms with E-state index in [1.165, 1.54) is 0 Å². The van der Waals surface area contributed by atoms with E-state index in [0.717, 1.165) is 0 Å². The molecule has 1 aliphatic rings. The summed E-state index contributed by atoms with van der Waals surface area (Å²) >= 11 is 0. The Balaban J connectivity index is 2.53. The SMILES string of the molecule is CCOC(=O)C1[C@H](O)CC[C@@H]1O. The van der Waals surface area contributed by atoms with Gasteiger partial charge in [0.25, 0.3) is 0 Å². The smallest absolute Gasteiger partial charge is 0.314 e. The van der Waals surface area contributed by atoms with Crippen molar-refractivity contribution in [1.82, 2.24) is 0 Å². The molecular formula is C8H14O4. The van der Waals surface area contributed by atoms with E-state index in [2.05, 4.69) is 0 Å². The van der Waals surface area contributed by atoms with Crippen molar-refractivity contribution >= 4 is 5.97 Å². The molecule has 0 aromatic carbocycles. The van der Waals surface area contributed by atoms with Gasteiger partial charge in [-0.3, -0.25) is 4.79 Å². The number of ether oxygens (including phenoxy) is 1. The lowest BCUT2D eigenvalue weighted by molar-refractivity contribution is -0.154. The molecule has 0 aromatic heterocycles. The Morgan fingerprint density at radius 1 is 1.42 bits per heavy atom. The molecule has 0 spiro atoms. The maximum Gasteiger partial charge on any atom is 0.314 e. The average Bonchev–Trinajstić information content (AvgIpc) is 2.32. The lowest BCUT2D eigenvalue weighted by Gasteiger charge is -2.15. The number of hydrogen-bond donors (Lipinski definition) is 2. The van der Waals surface area contributed by atoms with Crippen LogP contribution >= 0.6 is 0 Å². The van der Waals surface area contributed by atoms with E-state index in [-0.39, 0.29) is 6.61 Å². The quantitative estimate of drug-likeness (QED) is 0.563. The van der Waals surface area contributed by atoms with Gasteiger partial charge in [0.15, 0.2) is 0 Å². The second-order valence-corrected chi connectivity index (χ2v) is 2.99. The monoisotopic (exact) mass is 174 g/mol. The first-order valence-corrected chi connectivity index (χ1v) is 4.19. The summed E-state index contributed by atoms with van der Waals surface area (Å²) in [5.74, 6) is -1.22. The van der Waals surface area contributed by atoms with Crippen LogP contribution in [0.1, 0.15) is 19.8 Å². The fourth-order valence-electron chi connectivity index (χ4n) is 1.51. The Morgan fingerprint density at radius 3 is 2.33 bits per heavy atom. The topological polar surface area (TPSA) is 66.8 Å². The highest BCUT2D eigenvalue weighted by Crippen LogP contribution is 2.27. The van der Waals surface area contributed by atoms with Gasteiger partial charge in [0.2, 0.25) is 0 Å². The zero-order valence-corrected chi connectivity index (χ0v) is 7.06. The van der Waals surface area contributed by atoms with Gasteiger partial charge in [0, 0.05) is 0 Å². The third kappa shape index (κ3) is 1.76. The third-order valence-corrected chi connectivity index (χ3v) is 2.15. The lowest BCUT2D eigenvalue weighted by atomic mass is 10.0. The molecular weight excluding hydrogens is 160 g/mol. The van der Waals surface area contributed by atoms with E-state index in [1.54, 1.807) is 6.92 Å². The van der Waals surface area contributed by atoms with Crippen LogP contribution in [0.5, 0.6) is 0 Å². The molecule has 0 bridgehead atoms. The van der Waals surface area contributed by atoms with E-state index in [4.69, 9.17) is 4.74 Å². The second kappa shape index (κ2) is 3.87. The predicted molar refractivity (Wildman–Crippen MR) is 41.4 cm³/mol. The van der Waals surface area contributed by atoms with Gasteiger partial charge < -0.3 is 14.9 Å².